The molecule has 160 valence electrons. The van der Waals surface area contributed by atoms with Gasteiger partial charge in [0, 0.05) is 24.6 Å². The van der Waals surface area contributed by atoms with Gasteiger partial charge in [0.1, 0.15) is 5.82 Å². The van der Waals surface area contributed by atoms with Gasteiger partial charge in [0.05, 0.1) is 18.8 Å². The zero-order valence-electron chi connectivity index (χ0n) is 16.6. The van der Waals surface area contributed by atoms with E-state index in [2.05, 4.69) is 0 Å². The smallest absolute Gasteiger partial charge is 0.226 e. The minimum Gasteiger partial charge on any atom is -0.376 e. The lowest BCUT2D eigenvalue weighted by Crippen LogP contribution is -2.57. The van der Waals surface area contributed by atoms with Gasteiger partial charge in [-0.15, -0.1) is 0 Å². The summed E-state index contributed by atoms with van der Waals surface area (Å²) in [5.74, 6) is -2.65. The van der Waals surface area contributed by atoms with Crippen molar-refractivity contribution in [2.24, 2.45) is 11.7 Å². The van der Waals surface area contributed by atoms with E-state index in [0.29, 0.717) is 38.4 Å². The summed E-state index contributed by atoms with van der Waals surface area (Å²) in [7, 11) is 0. The number of likely N-dealkylation sites (tertiary alicyclic amines) is 1. The van der Waals surface area contributed by atoms with Crippen LogP contribution in [0.3, 0.4) is 0 Å². The Morgan fingerprint density at radius 2 is 1.79 bits per heavy atom. The Hall–Kier alpha value is -1.60. The number of benzene rings is 1. The number of carbonyl (C=O) groups is 1. The number of halogens is 3. The molecule has 1 aromatic rings. The van der Waals surface area contributed by atoms with Crippen LogP contribution in [-0.2, 0) is 9.53 Å². The van der Waals surface area contributed by atoms with Crippen molar-refractivity contribution in [3.63, 3.8) is 0 Å². The van der Waals surface area contributed by atoms with Gasteiger partial charge in [-0.05, 0) is 68.9 Å². The molecule has 2 saturated carbocycles. The molecule has 3 fully saturated rings. The second kappa shape index (κ2) is 8.64. The van der Waals surface area contributed by atoms with E-state index < -0.39 is 17.5 Å². The first-order valence-electron chi connectivity index (χ1n) is 10.8. The van der Waals surface area contributed by atoms with Gasteiger partial charge in [-0.3, -0.25) is 4.79 Å². The molecule has 2 N–H and O–H groups in total. The number of carbonyl (C=O) groups excluding carboxylic acids is 1. The van der Waals surface area contributed by atoms with E-state index in [4.69, 9.17) is 10.5 Å². The molecule has 2 aliphatic carbocycles. The van der Waals surface area contributed by atoms with Crippen LogP contribution in [0.5, 0.6) is 0 Å². The first kappa shape index (κ1) is 20.7. The average Bonchev–Trinajstić information content (AvgIpc) is 3.55. The summed E-state index contributed by atoms with van der Waals surface area (Å²) in [5, 5.41) is 0. The van der Waals surface area contributed by atoms with E-state index in [1.807, 2.05) is 4.90 Å². The van der Waals surface area contributed by atoms with Crippen molar-refractivity contribution in [1.82, 2.24) is 4.90 Å². The van der Waals surface area contributed by atoms with Gasteiger partial charge < -0.3 is 15.4 Å². The summed E-state index contributed by atoms with van der Waals surface area (Å²) in [6.45, 7) is 1.16. The SMILES string of the molecule is NC1CCCN(C(=O)C2CC2)[C@H]1COC1CCC(c2cc(F)cc(F)c2F)CC1. The van der Waals surface area contributed by atoms with Gasteiger partial charge in [0.2, 0.25) is 5.91 Å². The molecule has 0 spiro atoms. The van der Waals surface area contributed by atoms with E-state index >= 15 is 0 Å². The molecule has 0 aromatic heterocycles. The molecular weight excluding hydrogens is 381 g/mol. The van der Waals surface area contributed by atoms with E-state index in [9.17, 15) is 18.0 Å². The predicted molar refractivity (Wildman–Crippen MR) is 103 cm³/mol. The quantitative estimate of drug-likeness (QED) is 0.750. The summed E-state index contributed by atoms with van der Waals surface area (Å²) >= 11 is 0. The Bertz CT molecular complexity index is 748. The normalized spacial score (nSPS) is 30.4. The topological polar surface area (TPSA) is 55.6 Å². The minimum absolute atomic E-state index is 0.000258. The second-order valence-electron chi connectivity index (χ2n) is 8.78. The molecule has 4 nitrogen and oxygen atoms in total. The first-order chi connectivity index (χ1) is 13.9. The molecule has 1 aliphatic heterocycles. The highest BCUT2D eigenvalue weighted by atomic mass is 19.2. The zero-order chi connectivity index (χ0) is 20.5. The number of amides is 1. The van der Waals surface area contributed by atoms with Crippen LogP contribution in [0, 0.1) is 23.4 Å². The van der Waals surface area contributed by atoms with Gasteiger partial charge in [-0.25, -0.2) is 13.2 Å². The Kier molecular flexibility index (Phi) is 6.16. The number of nitrogens with two attached hydrogens (primary N) is 1. The maximum absolute atomic E-state index is 14.1. The van der Waals surface area contributed by atoms with Crippen LogP contribution in [-0.4, -0.2) is 42.1 Å². The van der Waals surface area contributed by atoms with Crippen LogP contribution in [0.25, 0.3) is 0 Å². The summed E-state index contributed by atoms with van der Waals surface area (Å²) in [6.07, 6.45) is 6.38. The molecule has 2 atom stereocenters. The molecule has 1 amide bonds. The van der Waals surface area contributed by atoms with Crippen LogP contribution in [0.4, 0.5) is 13.2 Å². The van der Waals surface area contributed by atoms with E-state index in [1.54, 1.807) is 0 Å². The molecule has 7 heteroatoms. The molecule has 0 bridgehead atoms. The van der Waals surface area contributed by atoms with E-state index in [0.717, 1.165) is 38.3 Å². The van der Waals surface area contributed by atoms with Crippen molar-refractivity contribution in [2.75, 3.05) is 13.2 Å². The lowest BCUT2D eigenvalue weighted by atomic mass is 9.82. The van der Waals surface area contributed by atoms with Crippen LogP contribution in [0.2, 0.25) is 0 Å². The molecule has 29 heavy (non-hydrogen) atoms. The summed E-state index contributed by atoms with van der Waals surface area (Å²) in [5.41, 5.74) is 6.42. The molecule has 0 radical (unpaired) electrons. The molecule has 3 aliphatic rings. The maximum atomic E-state index is 14.1. The highest BCUT2D eigenvalue weighted by Crippen LogP contribution is 2.37. The fourth-order valence-electron chi connectivity index (χ4n) is 4.79. The summed E-state index contributed by atoms with van der Waals surface area (Å²) < 4.78 is 47.2. The van der Waals surface area contributed by atoms with E-state index in [1.165, 1.54) is 0 Å². The summed E-state index contributed by atoms with van der Waals surface area (Å²) in [4.78, 5) is 14.5. The standard InChI is InChI=1S/C22H29F3N2O2/c23-15-10-17(21(25)18(24)11-15)13-5-7-16(8-6-13)29-12-20-19(26)2-1-9-27(20)22(28)14-3-4-14/h10-11,13-14,16,19-20H,1-9,12,26H2/t13?,16?,19?,20-/m0/s1. The lowest BCUT2D eigenvalue weighted by Gasteiger charge is -2.41. The number of hydrogen-bond acceptors (Lipinski definition) is 3. The summed E-state index contributed by atoms with van der Waals surface area (Å²) in [6, 6.07) is 1.51. The van der Waals surface area contributed by atoms with Crippen molar-refractivity contribution in [1.29, 1.82) is 0 Å². The number of ether oxygens (including phenoxy) is 1. The Morgan fingerprint density at radius 1 is 1.07 bits per heavy atom. The monoisotopic (exact) mass is 410 g/mol. The van der Waals surface area contributed by atoms with Gasteiger partial charge in [0.25, 0.3) is 0 Å². The predicted octanol–water partition coefficient (Wildman–Crippen LogP) is 3.88. The number of rotatable bonds is 5. The largest absolute Gasteiger partial charge is 0.376 e. The van der Waals surface area contributed by atoms with Crippen LogP contribution in [0.15, 0.2) is 12.1 Å². The third-order valence-electron chi connectivity index (χ3n) is 6.68. The average molecular weight is 410 g/mol. The van der Waals surface area contributed by atoms with Gasteiger partial charge in [-0.1, -0.05) is 0 Å². The van der Waals surface area contributed by atoms with Gasteiger partial charge in [-0.2, -0.15) is 0 Å². The fourth-order valence-corrected chi connectivity index (χ4v) is 4.79. The zero-order valence-corrected chi connectivity index (χ0v) is 16.6. The first-order valence-corrected chi connectivity index (χ1v) is 10.8. The second-order valence-corrected chi connectivity index (χ2v) is 8.78. The lowest BCUT2D eigenvalue weighted by molar-refractivity contribution is -0.139. The van der Waals surface area contributed by atoms with Crippen LogP contribution in [0.1, 0.15) is 62.8 Å². The molecular formula is C22H29F3N2O2. The Labute approximate surface area is 169 Å². The highest BCUT2D eigenvalue weighted by molar-refractivity contribution is 5.81. The van der Waals surface area contributed by atoms with Gasteiger partial charge >= 0.3 is 0 Å². The van der Waals surface area contributed by atoms with Crippen LogP contribution >= 0.6 is 0 Å². The van der Waals surface area contributed by atoms with E-state index in [-0.39, 0.29) is 41.5 Å². The molecule has 1 heterocycles. The van der Waals surface area contributed by atoms with Crippen molar-refractivity contribution in [3.8, 4) is 0 Å². The number of hydrogen-bond donors (Lipinski definition) is 1. The van der Waals surface area contributed by atoms with Crippen molar-refractivity contribution in [2.45, 2.75) is 75.5 Å². The molecule has 1 saturated heterocycles. The highest BCUT2D eigenvalue weighted by Gasteiger charge is 2.40. The molecule has 4 rings (SSSR count). The van der Waals surface area contributed by atoms with Crippen molar-refractivity contribution in [3.05, 3.63) is 35.1 Å². The third kappa shape index (κ3) is 4.61. The molecule has 1 aromatic carbocycles. The van der Waals surface area contributed by atoms with Crippen molar-refractivity contribution >= 4 is 5.91 Å². The Morgan fingerprint density at radius 3 is 2.48 bits per heavy atom. The minimum atomic E-state index is -1.13. The third-order valence-corrected chi connectivity index (χ3v) is 6.68. The number of nitrogens with zero attached hydrogens (tertiary/aromatic N) is 1. The fraction of sp³-hybridized carbons (Fsp3) is 0.682. The number of piperidine rings is 1. The van der Waals surface area contributed by atoms with Gasteiger partial charge in [0.15, 0.2) is 11.6 Å². The Balaban J connectivity index is 1.32. The maximum Gasteiger partial charge on any atom is 0.226 e. The van der Waals surface area contributed by atoms with Crippen molar-refractivity contribution < 1.29 is 22.7 Å². The van der Waals surface area contributed by atoms with Crippen LogP contribution < -0.4 is 5.73 Å². The molecule has 1 unspecified atom stereocenters.